The third-order valence-corrected chi connectivity index (χ3v) is 4.56. The molecule has 5 nitrogen and oxygen atoms in total. The number of ketones is 1. The Morgan fingerprint density at radius 1 is 1.23 bits per heavy atom. The average Bonchev–Trinajstić information content (AvgIpc) is 3.00. The topological polar surface area (TPSA) is 59.0 Å². The Bertz CT molecular complexity index is 823. The monoisotopic (exact) mass is 352 g/mol. The first-order valence-corrected chi connectivity index (χ1v) is 9.28. The molecular weight excluding hydrogens is 324 g/mol. The first-order chi connectivity index (χ1) is 12.2. The van der Waals surface area contributed by atoms with Crippen molar-refractivity contribution in [3.63, 3.8) is 0 Å². The van der Waals surface area contributed by atoms with Gasteiger partial charge in [0.2, 0.25) is 0 Å². The minimum Gasteiger partial charge on any atom is -0.352 e. The standard InChI is InChI=1S/C21H28N4O/c1-14-9-10-22-18(11-14)19-23-17-8-6-7-16(17)20(24-19)25(5)13-15(26)12-21(2,3)4/h9-11H,6-8,12-13H2,1-5H3. The molecule has 0 aliphatic heterocycles. The van der Waals surface area contributed by atoms with E-state index in [1.54, 1.807) is 6.20 Å². The van der Waals surface area contributed by atoms with E-state index in [1.165, 1.54) is 5.56 Å². The molecule has 26 heavy (non-hydrogen) atoms. The second kappa shape index (κ2) is 7.14. The maximum absolute atomic E-state index is 12.4. The number of carbonyl (C=O) groups excluding carboxylic acids is 1. The van der Waals surface area contributed by atoms with E-state index in [2.05, 4.69) is 25.8 Å². The number of carbonyl (C=O) groups is 1. The first-order valence-electron chi connectivity index (χ1n) is 9.28. The molecule has 0 atom stereocenters. The third kappa shape index (κ3) is 4.26. The van der Waals surface area contributed by atoms with E-state index in [0.717, 1.165) is 42.0 Å². The molecule has 2 aromatic rings. The lowest BCUT2D eigenvalue weighted by atomic mass is 9.90. The van der Waals surface area contributed by atoms with Gasteiger partial charge in [-0.2, -0.15) is 0 Å². The van der Waals surface area contributed by atoms with Crippen molar-refractivity contribution in [1.82, 2.24) is 15.0 Å². The summed E-state index contributed by atoms with van der Waals surface area (Å²) in [7, 11) is 1.95. The molecule has 5 heteroatoms. The number of hydrogen-bond acceptors (Lipinski definition) is 5. The van der Waals surface area contributed by atoms with Crippen LogP contribution in [0.25, 0.3) is 11.5 Å². The lowest BCUT2D eigenvalue weighted by molar-refractivity contribution is -0.119. The number of pyridine rings is 1. The lowest BCUT2D eigenvalue weighted by Crippen LogP contribution is -2.30. The molecule has 0 saturated carbocycles. The van der Waals surface area contributed by atoms with E-state index in [1.807, 2.05) is 31.0 Å². The van der Waals surface area contributed by atoms with Crippen molar-refractivity contribution in [2.45, 2.75) is 53.4 Å². The van der Waals surface area contributed by atoms with Crippen molar-refractivity contribution in [2.24, 2.45) is 5.41 Å². The van der Waals surface area contributed by atoms with E-state index in [0.29, 0.717) is 18.8 Å². The molecule has 2 heterocycles. The van der Waals surface area contributed by atoms with Crippen molar-refractivity contribution in [2.75, 3.05) is 18.5 Å². The van der Waals surface area contributed by atoms with Gasteiger partial charge in [-0.3, -0.25) is 9.78 Å². The first kappa shape index (κ1) is 18.5. The van der Waals surface area contributed by atoms with Crippen molar-refractivity contribution in [3.8, 4) is 11.5 Å². The van der Waals surface area contributed by atoms with E-state index in [4.69, 9.17) is 9.97 Å². The van der Waals surface area contributed by atoms with Crippen LogP contribution in [0.5, 0.6) is 0 Å². The third-order valence-electron chi connectivity index (χ3n) is 4.56. The van der Waals surface area contributed by atoms with Gasteiger partial charge < -0.3 is 4.90 Å². The van der Waals surface area contributed by atoms with E-state index >= 15 is 0 Å². The van der Waals surface area contributed by atoms with E-state index < -0.39 is 0 Å². The van der Waals surface area contributed by atoms with Crippen molar-refractivity contribution in [1.29, 1.82) is 0 Å². The van der Waals surface area contributed by atoms with Crippen molar-refractivity contribution < 1.29 is 4.79 Å². The maximum atomic E-state index is 12.4. The van der Waals surface area contributed by atoms with Crippen LogP contribution in [0.3, 0.4) is 0 Å². The van der Waals surface area contributed by atoms with Gasteiger partial charge in [-0.25, -0.2) is 9.97 Å². The van der Waals surface area contributed by atoms with Crippen LogP contribution in [0.1, 0.15) is 50.4 Å². The van der Waals surface area contributed by atoms with Crippen LogP contribution in [0.2, 0.25) is 0 Å². The fourth-order valence-electron chi connectivity index (χ4n) is 3.49. The molecule has 138 valence electrons. The molecule has 0 aromatic carbocycles. The van der Waals surface area contributed by atoms with Gasteiger partial charge in [0, 0.05) is 30.9 Å². The lowest BCUT2D eigenvalue weighted by Gasteiger charge is -2.23. The molecule has 2 aromatic heterocycles. The number of anilines is 1. The zero-order valence-electron chi connectivity index (χ0n) is 16.5. The molecular formula is C21H28N4O. The quantitative estimate of drug-likeness (QED) is 0.820. The number of aryl methyl sites for hydroxylation is 2. The number of Topliss-reactive ketones (excluding diaryl/α,β-unsaturated/α-hetero) is 1. The van der Waals surface area contributed by atoms with E-state index in [9.17, 15) is 4.79 Å². The second-order valence-corrected chi connectivity index (χ2v) is 8.50. The molecule has 0 N–H and O–H groups in total. The Kier molecular flexibility index (Phi) is 5.08. The van der Waals surface area contributed by atoms with Crippen molar-refractivity contribution >= 4 is 11.6 Å². The second-order valence-electron chi connectivity index (χ2n) is 8.50. The number of nitrogens with zero attached hydrogens (tertiary/aromatic N) is 4. The highest BCUT2D eigenvalue weighted by Gasteiger charge is 2.24. The van der Waals surface area contributed by atoms with Gasteiger partial charge in [0.15, 0.2) is 11.6 Å². The summed E-state index contributed by atoms with van der Waals surface area (Å²) >= 11 is 0. The number of rotatable bonds is 5. The van der Waals surface area contributed by atoms with Gasteiger partial charge in [0.05, 0.1) is 6.54 Å². The van der Waals surface area contributed by atoms with E-state index in [-0.39, 0.29) is 11.2 Å². The largest absolute Gasteiger partial charge is 0.352 e. The summed E-state index contributed by atoms with van der Waals surface area (Å²) in [5.74, 6) is 1.77. The predicted molar refractivity (Wildman–Crippen MR) is 104 cm³/mol. The zero-order chi connectivity index (χ0) is 18.9. The Labute approximate surface area is 155 Å². The summed E-state index contributed by atoms with van der Waals surface area (Å²) < 4.78 is 0. The Morgan fingerprint density at radius 2 is 2.00 bits per heavy atom. The molecule has 0 fully saturated rings. The Morgan fingerprint density at radius 3 is 2.69 bits per heavy atom. The summed E-state index contributed by atoms with van der Waals surface area (Å²) in [6, 6.07) is 3.97. The fourth-order valence-corrected chi connectivity index (χ4v) is 3.49. The summed E-state index contributed by atoms with van der Waals surface area (Å²) in [6.07, 6.45) is 5.39. The van der Waals surface area contributed by atoms with Crippen LogP contribution in [-0.4, -0.2) is 34.3 Å². The van der Waals surface area contributed by atoms with Gasteiger partial charge in [-0.15, -0.1) is 0 Å². The highest BCUT2D eigenvalue weighted by atomic mass is 16.1. The minimum absolute atomic E-state index is 0.00217. The van der Waals surface area contributed by atoms with Crippen LogP contribution in [0.4, 0.5) is 5.82 Å². The molecule has 1 aliphatic rings. The Balaban J connectivity index is 1.92. The van der Waals surface area contributed by atoms with Crippen LogP contribution in [-0.2, 0) is 17.6 Å². The van der Waals surface area contributed by atoms with Crippen LogP contribution in [0, 0.1) is 12.3 Å². The molecule has 0 radical (unpaired) electrons. The van der Waals surface area contributed by atoms with Crippen LogP contribution in [0.15, 0.2) is 18.3 Å². The minimum atomic E-state index is 0.00217. The normalized spacial score (nSPS) is 13.6. The van der Waals surface area contributed by atoms with Crippen molar-refractivity contribution in [3.05, 3.63) is 35.2 Å². The summed E-state index contributed by atoms with van der Waals surface area (Å²) in [6.45, 7) is 8.69. The summed E-state index contributed by atoms with van der Waals surface area (Å²) in [5.41, 5.74) is 4.21. The van der Waals surface area contributed by atoms with Crippen LogP contribution >= 0.6 is 0 Å². The molecule has 0 bridgehead atoms. The average molecular weight is 352 g/mol. The highest BCUT2D eigenvalue weighted by Crippen LogP contribution is 2.31. The van der Waals surface area contributed by atoms with Gasteiger partial charge >= 0.3 is 0 Å². The maximum Gasteiger partial charge on any atom is 0.180 e. The van der Waals surface area contributed by atoms with Gasteiger partial charge in [-0.05, 0) is 49.3 Å². The molecule has 1 aliphatic carbocycles. The molecule has 0 spiro atoms. The number of hydrogen-bond donors (Lipinski definition) is 0. The summed E-state index contributed by atoms with van der Waals surface area (Å²) in [4.78, 5) is 28.4. The SMILES string of the molecule is Cc1ccnc(-c2nc3c(c(N(C)CC(=O)CC(C)(C)C)n2)CCC3)c1. The number of aromatic nitrogens is 3. The number of likely N-dealkylation sites (N-methyl/N-ethyl adjacent to an activating group) is 1. The van der Waals surface area contributed by atoms with Gasteiger partial charge in [-0.1, -0.05) is 20.8 Å². The van der Waals surface area contributed by atoms with Crippen LogP contribution < -0.4 is 4.90 Å². The zero-order valence-corrected chi connectivity index (χ0v) is 16.5. The molecule has 3 rings (SSSR count). The molecule has 0 amide bonds. The number of fused-ring (bicyclic) bond motifs is 1. The van der Waals surface area contributed by atoms with Gasteiger partial charge in [0.1, 0.15) is 11.5 Å². The molecule has 0 unspecified atom stereocenters. The summed E-state index contributed by atoms with van der Waals surface area (Å²) in [5, 5.41) is 0. The predicted octanol–water partition coefficient (Wildman–Crippen LogP) is 3.78. The smallest absolute Gasteiger partial charge is 0.180 e. The van der Waals surface area contributed by atoms with Gasteiger partial charge in [0.25, 0.3) is 0 Å². The molecule has 0 saturated heterocycles. The fraction of sp³-hybridized carbons (Fsp3) is 0.524. The highest BCUT2D eigenvalue weighted by molar-refractivity contribution is 5.84. The Hall–Kier alpha value is -2.30.